The molecule has 2 heterocycles. The molecule has 5 nitrogen and oxygen atoms in total. The van der Waals surface area contributed by atoms with E-state index < -0.39 is 10.0 Å². The van der Waals surface area contributed by atoms with E-state index in [0.717, 1.165) is 6.42 Å². The van der Waals surface area contributed by atoms with Gasteiger partial charge in [0.25, 0.3) is 0 Å². The molecule has 1 aromatic heterocycles. The number of nitrogens with zero attached hydrogens (tertiary/aromatic N) is 2. The summed E-state index contributed by atoms with van der Waals surface area (Å²) in [5.74, 6) is 0.386. The van der Waals surface area contributed by atoms with Crippen molar-refractivity contribution in [1.82, 2.24) is 8.87 Å². The first-order valence-corrected chi connectivity index (χ1v) is 7.23. The van der Waals surface area contributed by atoms with Crippen molar-refractivity contribution in [3.63, 3.8) is 0 Å². The molecular formula is C11H19N3O2S. The second-order valence-corrected chi connectivity index (χ2v) is 6.74. The van der Waals surface area contributed by atoms with Crippen molar-refractivity contribution >= 4 is 10.0 Å². The number of sulfonamides is 1. The third-order valence-electron chi connectivity index (χ3n) is 3.42. The third kappa shape index (κ3) is 2.38. The molecular weight excluding hydrogens is 238 g/mol. The van der Waals surface area contributed by atoms with Gasteiger partial charge < -0.3 is 10.3 Å². The van der Waals surface area contributed by atoms with Crippen LogP contribution in [0.1, 0.15) is 13.3 Å². The first-order chi connectivity index (χ1) is 7.91. The van der Waals surface area contributed by atoms with Gasteiger partial charge in [-0.05, 0) is 18.4 Å². The third-order valence-corrected chi connectivity index (χ3v) is 5.27. The highest BCUT2D eigenvalue weighted by Crippen LogP contribution is 2.22. The Hall–Kier alpha value is -0.850. The molecule has 1 aliphatic rings. The fourth-order valence-corrected chi connectivity index (χ4v) is 3.61. The van der Waals surface area contributed by atoms with Gasteiger partial charge in [-0.25, -0.2) is 8.42 Å². The maximum atomic E-state index is 12.3. The van der Waals surface area contributed by atoms with E-state index in [1.807, 2.05) is 7.05 Å². The van der Waals surface area contributed by atoms with Crippen molar-refractivity contribution in [2.24, 2.45) is 18.7 Å². The van der Waals surface area contributed by atoms with E-state index in [1.165, 1.54) is 4.31 Å². The standard InChI is InChI=1S/C11H19N3O2S/c1-9-3-6-14(8-11(9)12)17(15,16)10-4-5-13(2)7-10/h4-5,7,9,11H,3,6,8,12H2,1-2H3. The van der Waals surface area contributed by atoms with Gasteiger partial charge in [-0.3, -0.25) is 0 Å². The van der Waals surface area contributed by atoms with Gasteiger partial charge in [0.05, 0.1) is 4.90 Å². The second-order valence-electron chi connectivity index (χ2n) is 4.81. The van der Waals surface area contributed by atoms with E-state index in [-0.39, 0.29) is 6.04 Å². The molecule has 1 aliphatic heterocycles. The molecule has 0 aliphatic carbocycles. The molecule has 6 heteroatoms. The molecule has 17 heavy (non-hydrogen) atoms. The zero-order valence-electron chi connectivity index (χ0n) is 10.2. The Morgan fingerprint density at radius 1 is 1.47 bits per heavy atom. The highest BCUT2D eigenvalue weighted by molar-refractivity contribution is 7.89. The van der Waals surface area contributed by atoms with E-state index in [2.05, 4.69) is 6.92 Å². The average Bonchev–Trinajstić information content (AvgIpc) is 2.69. The number of aryl methyl sites for hydroxylation is 1. The van der Waals surface area contributed by atoms with Crippen molar-refractivity contribution in [2.45, 2.75) is 24.3 Å². The SMILES string of the molecule is CC1CCN(S(=O)(=O)c2ccn(C)c2)CC1N. The van der Waals surface area contributed by atoms with Crippen LogP contribution in [0.15, 0.2) is 23.4 Å². The molecule has 96 valence electrons. The number of hydrogen-bond acceptors (Lipinski definition) is 3. The maximum absolute atomic E-state index is 12.3. The van der Waals surface area contributed by atoms with E-state index in [9.17, 15) is 8.42 Å². The molecule has 1 saturated heterocycles. The van der Waals surface area contributed by atoms with Crippen LogP contribution >= 0.6 is 0 Å². The van der Waals surface area contributed by atoms with Crippen LogP contribution in [0, 0.1) is 5.92 Å². The summed E-state index contributed by atoms with van der Waals surface area (Å²) in [6.07, 6.45) is 4.19. The monoisotopic (exact) mass is 257 g/mol. The van der Waals surface area contributed by atoms with Gasteiger partial charge in [0, 0.05) is 38.6 Å². The van der Waals surface area contributed by atoms with Gasteiger partial charge in [-0.2, -0.15) is 4.31 Å². The molecule has 0 radical (unpaired) electrons. The normalized spacial score (nSPS) is 27.2. The molecule has 0 saturated carbocycles. The zero-order chi connectivity index (χ0) is 12.6. The molecule has 2 rings (SSSR count). The first-order valence-electron chi connectivity index (χ1n) is 5.79. The summed E-state index contributed by atoms with van der Waals surface area (Å²) in [5.41, 5.74) is 5.94. The fraction of sp³-hybridized carbons (Fsp3) is 0.636. The van der Waals surface area contributed by atoms with E-state index in [4.69, 9.17) is 5.73 Å². The van der Waals surface area contributed by atoms with Crippen molar-refractivity contribution in [3.8, 4) is 0 Å². The molecule has 0 bridgehead atoms. The zero-order valence-corrected chi connectivity index (χ0v) is 11.0. The Kier molecular flexibility index (Phi) is 3.29. The van der Waals surface area contributed by atoms with Crippen molar-refractivity contribution < 1.29 is 8.42 Å². The Morgan fingerprint density at radius 2 is 2.18 bits per heavy atom. The molecule has 0 aromatic carbocycles. The summed E-state index contributed by atoms with van der Waals surface area (Å²) in [5, 5.41) is 0. The number of nitrogens with two attached hydrogens (primary N) is 1. The lowest BCUT2D eigenvalue weighted by atomic mass is 9.96. The largest absolute Gasteiger partial charge is 0.356 e. The van der Waals surface area contributed by atoms with Crippen LogP contribution in [-0.4, -0.2) is 36.4 Å². The van der Waals surface area contributed by atoms with Crippen molar-refractivity contribution in [2.75, 3.05) is 13.1 Å². The summed E-state index contributed by atoms with van der Waals surface area (Å²) in [6, 6.07) is 1.56. The topological polar surface area (TPSA) is 68.3 Å². The van der Waals surface area contributed by atoms with Crippen LogP contribution in [0.5, 0.6) is 0 Å². The number of hydrogen-bond donors (Lipinski definition) is 1. The molecule has 2 unspecified atom stereocenters. The quantitative estimate of drug-likeness (QED) is 0.833. The Balaban J connectivity index is 2.22. The van der Waals surface area contributed by atoms with Gasteiger partial charge >= 0.3 is 0 Å². The smallest absolute Gasteiger partial charge is 0.244 e. The first kappa shape index (κ1) is 12.6. The average molecular weight is 257 g/mol. The van der Waals surface area contributed by atoms with Crippen LogP contribution < -0.4 is 5.73 Å². The predicted octanol–water partition coefficient (Wildman–Crippen LogP) is 0.383. The number of piperidine rings is 1. The lowest BCUT2D eigenvalue weighted by Crippen LogP contribution is -2.49. The van der Waals surface area contributed by atoms with Crippen LogP contribution in [0.25, 0.3) is 0 Å². The van der Waals surface area contributed by atoms with Crippen LogP contribution in [0.3, 0.4) is 0 Å². The van der Waals surface area contributed by atoms with E-state index in [0.29, 0.717) is 23.9 Å². The molecule has 2 atom stereocenters. The molecule has 0 spiro atoms. The highest BCUT2D eigenvalue weighted by atomic mass is 32.2. The van der Waals surface area contributed by atoms with Crippen molar-refractivity contribution in [3.05, 3.63) is 18.5 Å². The van der Waals surface area contributed by atoms with Gasteiger partial charge in [0.15, 0.2) is 0 Å². The van der Waals surface area contributed by atoms with E-state index >= 15 is 0 Å². The van der Waals surface area contributed by atoms with E-state index in [1.54, 1.807) is 23.0 Å². The van der Waals surface area contributed by atoms with Gasteiger partial charge in [0.1, 0.15) is 0 Å². The number of rotatable bonds is 2. The summed E-state index contributed by atoms with van der Waals surface area (Å²) < 4.78 is 27.8. The van der Waals surface area contributed by atoms with Crippen LogP contribution in [-0.2, 0) is 17.1 Å². The van der Waals surface area contributed by atoms with Gasteiger partial charge in [-0.1, -0.05) is 6.92 Å². The molecule has 1 fully saturated rings. The Bertz CT molecular complexity index is 495. The van der Waals surface area contributed by atoms with Crippen LogP contribution in [0.4, 0.5) is 0 Å². The minimum absolute atomic E-state index is 0.0674. The van der Waals surface area contributed by atoms with Crippen LogP contribution in [0.2, 0.25) is 0 Å². The summed E-state index contributed by atoms with van der Waals surface area (Å²) in [7, 11) is -1.56. The molecule has 2 N–H and O–H groups in total. The van der Waals surface area contributed by atoms with Gasteiger partial charge in [0.2, 0.25) is 10.0 Å². The lowest BCUT2D eigenvalue weighted by Gasteiger charge is -2.33. The maximum Gasteiger partial charge on any atom is 0.244 e. The second kappa shape index (κ2) is 4.44. The number of aromatic nitrogens is 1. The minimum Gasteiger partial charge on any atom is -0.356 e. The molecule has 1 aromatic rings. The Morgan fingerprint density at radius 3 is 2.71 bits per heavy atom. The Labute approximate surface area is 102 Å². The lowest BCUT2D eigenvalue weighted by molar-refractivity contribution is 0.253. The summed E-state index contributed by atoms with van der Waals surface area (Å²) >= 11 is 0. The minimum atomic E-state index is -3.37. The molecule has 0 amide bonds. The predicted molar refractivity (Wildman–Crippen MR) is 65.9 cm³/mol. The summed E-state index contributed by atoms with van der Waals surface area (Å²) in [6.45, 7) is 3.04. The van der Waals surface area contributed by atoms with Gasteiger partial charge in [-0.15, -0.1) is 0 Å². The highest BCUT2D eigenvalue weighted by Gasteiger charge is 2.32. The summed E-state index contributed by atoms with van der Waals surface area (Å²) in [4.78, 5) is 0.349. The fourth-order valence-electron chi connectivity index (χ4n) is 2.07. The van der Waals surface area contributed by atoms with Crippen molar-refractivity contribution in [1.29, 1.82) is 0 Å².